The highest BCUT2D eigenvalue weighted by Gasteiger charge is 2.47. The van der Waals surface area contributed by atoms with E-state index >= 15 is 0 Å². The molecule has 1 heterocycles. The summed E-state index contributed by atoms with van der Waals surface area (Å²) >= 11 is 6.01. The van der Waals surface area contributed by atoms with Crippen molar-refractivity contribution in [2.24, 2.45) is 10.9 Å². The van der Waals surface area contributed by atoms with Gasteiger partial charge in [-0.05, 0) is 82.7 Å². The Morgan fingerprint density at radius 3 is 2.40 bits per heavy atom. The molecule has 1 fully saturated rings. The van der Waals surface area contributed by atoms with Gasteiger partial charge in [0.05, 0.1) is 36.5 Å². The molecule has 0 bridgehead atoms. The number of hydrogen-bond donors (Lipinski definition) is 2. The first-order valence-corrected chi connectivity index (χ1v) is 16.2. The molecule has 2 atom stereocenters. The van der Waals surface area contributed by atoms with Gasteiger partial charge < -0.3 is 10.1 Å². The molecule has 2 N–H and O–H groups in total. The van der Waals surface area contributed by atoms with Crippen LogP contribution in [0, 0.1) is 5.92 Å². The van der Waals surface area contributed by atoms with E-state index < -0.39 is 33.2 Å². The lowest BCUT2D eigenvalue weighted by molar-refractivity contribution is -0.130. The summed E-state index contributed by atoms with van der Waals surface area (Å²) in [6, 6.07) is 13.2. The molecule has 0 spiro atoms. The second-order valence-electron chi connectivity index (χ2n) is 12.3. The Balaban J connectivity index is 1.76. The van der Waals surface area contributed by atoms with Crippen LogP contribution in [0.5, 0.6) is 0 Å². The lowest BCUT2D eigenvalue weighted by Crippen LogP contribution is -2.51. The minimum atomic E-state index is -4.20. The van der Waals surface area contributed by atoms with Crippen LogP contribution >= 0.6 is 11.8 Å². The number of anilines is 1. The van der Waals surface area contributed by atoms with E-state index in [-0.39, 0.29) is 42.1 Å². The van der Waals surface area contributed by atoms with Crippen molar-refractivity contribution in [1.82, 2.24) is 15.1 Å². The predicted molar refractivity (Wildman–Crippen MR) is 165 cm³/mol. The highest BCUT2D eigenvalue weighted by atomic mass is 35.5. The van der Waals surface area contributed by atoms with Crippen LogP contribution in [0.1, 0.15) is 81.4 Å². The normalized spacial score (nSPS) is 19.7. The molecule has 0 radical (unpaired) electrons. The number of nitrogens with zero attached hydrogens (tertiary/aromatic N) is 3. The molecule has 11 nitrogen and oxygen atoms in total. The van der Waals surface area contributed by atoms with E-state index in [1.165, 1.54) is 17.0 Å². The molecular formula is C30H38ClN5O6S. The summed E-state index contributed by atoms with van der Waals surface area (Å²) in [4.78, 5) is 48.6. The fourth-order valence-electron chi connectivity index (χ4n) is 5.07. The van der Waals surface area contributed by atoms with Crippen molar-refractivity contribution in [1.29, 1.82) is 0 Å². The van der Waals surface area contributed by atoms with Crippen LogP contribution < -0.4 is 14.5 Å². The molecule has 0 aromatic heterocycles. The maximum atomic E-state index is 13.5. The van der Waals surface area contributed by atoms with E-state index in [1.54, 1.807) is 26.8 Å². The van der Waals surface area contributed by atoms with Gasteiger partial charge in [-0.15, -0.1) is 0 Å². The van der Waals surface area contributed by atoms with Gasteiger partial charge in [-0.3, -0.25) is 19.3 Å². The number of ether oxygens (including phenoxy) is 1. The van der Waals surface area contributed by atoms with Gasteiger partial charge in [0.2, 0.25) is 21.9 Å². The van der Waals surface area contributed by atoms with Gasteiger partial charge in [0.1, 0.15) is 5.60 Å². The lowest BCUT2D eigenvalue weighted by Gasteiger charge is -2.36. The molecule has 2 aliphatic rings. The number of amides is 3. The maximum Gasteiger partial charge on any atom is 0.428 e. The van der Waals surface area contributed by atoms with Crippen molar-refractivity contribution in [3.05, 3.63) is 65.2 Å². The van der Waals surface area contributed by atoms with Crippen molar-refractivity contribution in [3.63, 3.8) is 0 Å². The topological polar surface area (TPSA) is 137 Å². The van der Waals surface area contributed by atoms with Gasteiger partial charge in [0, 0.05) is 17.3 Å². The minimum absolute atomic E-state index is 0.0806. The molecular weight excluding hydrogens is 594 g/mol. The Morgan fingerprint density at radius 1 is 1.19 bits per heavy atom. The molecule has 1 aliphatic carbocycles. The third-order valence-electron chi connectivity index (χ3n) is 7.32. The van der Waals surface area contributed by atoms with E-state index in [4.69, 9.17) is 21.5 Å². The number of carbonyl (C=O) groups excluding carboxylic acids is 3. The molecule has 1 aliphatic heterocycles. The number of sulfonamides is 1. The number of halogens is 1. The minimum Gasteiger partial charge on any atom is -0.443 e. The Kier molecular flexibility index (Phi) is 9.13. The van der Waals surface area contributed by atoms with Gasteiger partial charge in [0.15, 0.2) is 0 Å². The number of rotatable bonds is 8. The summed E-state index contributed by atoms with van der Waals surface area (Å²) in [7, 11) is -4.20. The van der Waals surface area contributed by atoms with Gasteiger partial charge in [-0.1, -0.05) is 30.3 Å². The maximum absolute atomic E-state index is 13.5. The van der Waals surface area contributed by atoms with E-state index in [0.29, 0.717) is 15.8 Å². The predicted octanol–water partition coefficient (Wildman–Crippen LogP) is 4.88. The van der Waals surface area contributed by atoms with Crippen molar-refractivity contribution in [3.8, 4) is 0 Å². The molecule has 43 heavy (non-hydrogen) atoms. The number of hydrogen-bond acceptors (Lipinski definition) is 8. The van der Waals surface area contributed by atoms with Crippen molar-refractivity contribution >= 4 is 51.4 Å². The highest BCUT2D eigenvalue weighted by molar-refractivity contribution is 7.92. The summed E-state index contributed by atoms with van der Waals surface area (Å²) < 4.78 is 31.7. The van der Waals surface area contributed by atoms with Crippen LogP contribution in [0.15, 0.2) is 53.5 Å². The quantitative estimate of drug-likeness (QED) is 0.396. The second-order valence-corrected chi connectivity index (χ2v) is 14.3. The Hall–Kier alpha value is -3.64. The zero-order valence-electron chi connectivity index (χ0n) is 25.2. The van der Waals surface area contributed by atoms with Crippen LogP contribution in [0.3, 0.4) is 0 Å². The number of guanidine groups is 1. The van der Waals surface area contributed by atoms with E-state index in [0.717, 1.165) is 24.7 Å². The lowest BCUT2D eigenvalue weighted by atomic mass is 9.90. The third-order valence-corrected chi connectivity index (χ3v) is 8.51. The molecule has 0 unspecified atom stereocenters. The first-order chi connectivity index (χ1) is 20.0. The summed E-state index contributed by atoms with van der Waals surface area (Å²) in [6.07, 6.45) is 1.88. The Morgan fingerprint density at radius 2 is 1.84 bits per heavy atom. The average Bonchev–Trinajstić information content (AvgIpc) is 3.75. The third kappa shape index (κ3) is 7.85. The number of carbonyl (C=O) groups is 3. The number of benzene rings is 2. The highest BCUT2D eigenvalue weighted by Crippen LogP contribution is 2.45. The van der Waals surface area contributed by atoms with Crippen molar-refractivity contribution < 1.29 is 27.5 Å². The second kappa shape index (κ2) is 12.2. The van der Waals surface area contributed by atoms with Crippen LogP contribution in [-0.4, -0.2) is 54.6 Å². The van der Waals surface area contributed by atoms with Gasteiger partial charge in [0.25, 0.3) is 5.91 Å². The number of nitrogens with one attached hydrogen (secondary N) is 2. The summed E-state index contributed by atoms with van der Waals surface area (Å²) in [5, 5.41) is 2.91. The zero-order valence-corrected chi connectivity index (χ0v) is 26.8. The van der Waals surface area contributed by atoms with Crippen molar-refractivity contribution in [2.75, 3.05) is 10.6 Å². The molecule has 0 saturated heterocycles. The molecule has 2 aromatic rings. The SMILES string of the molecule is C[C@H](NC(=O)c1cc(CN2C(=O)C[C@@](C)(C3CC3)N=C2NCl)cc(N(C(=O)OC(C)(C)C)S(C)(=O)=O)c1)c1ccccc1. The van der Waals surface area contributed by atoms with E-state index in [9.17, 15) is 22.8 Å². The molecule has 1 saturated carbocycles. The van der Waals surface area contributed by atoms with Gasteiger partial charge in [-0.2, -0.15) is 4.31 Å². The largest absolute Gasteiger partial charge is 0.443 e. The standard InChI is InChI=1S/C30H38ClN5O6S/c1-19(21-10-8-7-9-11-21)32-26(38)22-14-20(15-24(16-22)36(43(6,40)41)28(39)42-29(2,3)4)18-35-25(37)17-30(5,23-12-13-23)33-27(35)34-31/h7-11,14-16,19,23H,12-13,17-18H2,1-6H3,(H,32,38)(H,33,34)/t19-,30-/m0/s1. The van der Waals surface area contributed by atoms with Gasteiger partial charge in [-0.25, -0.2) is 18.2 Å². The summed E-state index contributed by atoms with van der Waals surface area (Å²) in [5.74, 6) is -0.281. The average molecular weight is 632 g/mol. The van der Waals surface area contributed by atoms with Crippen LogP contribution in [0.25, 0.3) is 0 Å². The fraction of sp³-hybridized carbons (Fsp3) is 0.467. The molecule has 232 valence electrons. The van der Waals surface area contributed by atoms with Gasteiger partial charge >= 0.3 is 6.09 Å². The summed E-state index contributed by atoms with van der Waals surface area (Å²) in [6.45, 7) is 8.50. The van der Waals surface area contributed by atoms with Crippen LogP contribution in [-0.2, 0) is 26.1 Å². The molecule has 3 amide bonds. The summed E-state index contributed by atoms with van der Waals surface area (Å²) in [5.41, 5.74) is -0.363. The molecule has 2 aromatic carbocycles. The first kappa shape index (κ1) is 32.3. The Bertz CT molecular complexity index is 1540. The monoisotopic (exact) mass is 631 g/mol. The van der Waals surface area contributed by atoms with Crippen molar-refractivity contribution in [2.45, 2.75) is 77.6 Å². The first-order valence-electron chi connectivity index (χ1n) is 14.0. The van der Waals surface area contributed by atoms with Crippen LogP contribution in [0.4, 0.5) is 10.5 Å². The zero-order chi connectivity index (χ0) is 31.7. The number of aliphatic imine (C=N–C) groups is 1. The van der Waals surface area contributed by atoms with E-state index in [2.05, 4.69) is 10.2 Å². The smallest absolute Gasteiger partial charge is 0.428 e. The fourth-order valence-corrected chi connectivity index (χ4v) is 6.02. The Labute approximate surface area is 257 Å². The molecule has 4 rings (SSSR count). The van der Waals surface area contributed by atoms with Crippen LogP contribution in [0.2, 0.25) is 0 Å². The van der Waals surface area contributed by atoms with E-state index in [1.807, 2.05) is 44.2 Å². The molecule has 13 heteroatoms.